The van der Waals surface area contributed by atoms with E-state index in [0.29, 0.717) is 6.61 Å². The Morgan fingerprint density at radius 1 is 0.833 bits per heavy atom. The molecule has 24 heavy (non-hydrogen) atoms. The molecule has 0 saturated heterocycles. The van der Waals surface area contributed by atoms with E-state index in [1.807, 2.05) is 6.08 Å². The van der Waals surface area contributed by atoms with Crippen LogP contribution in [-0.2, 0) is 4.74 Å². The molecule has 2 heteroatoms. The third-order valence-corrected chi connectivity index (χ3v) is 6.89. The average Bonchev–Trinajstić information content (AvgIpc) is 2.66. The van der Waals surface area contributed by atoms with Crippen molar-refractivity contribution in [2.75, 3.05) is 13.7 Å². The van der Waals surface area contributed by atoms with Crippen molar-refractivity contribution < 1.29 is 4.74 Å². The first-order valence-corrected chi connectivity index (χ1v) is 10.3. The first-order chi connectivity index (χ1) is 11.9. The van der Waals surface area contributed by atoms with Gasteiger partial charge in [-0.2, -0.15) is 0 Å². The summed E-state index contributed by atoms with van der Waals surface area (Å²) < 4.78 is 8.03. The van der Waals surface area contributed by atoms with E-state index < -0.39 is 20.9 Å². The van der Waals surface area contributed by atoms with Crippen molar-refractivity contribution in [1.29, 1.82) is 0 Å². The van der Waals surface area contributed by atoms with Gasteiger partial charge < -0.3 is 0 Å². The molecule has 0 fully saturated rings. The van der Waals surface area contributed by atoms with Gasteiger partial charge in [0.25, 0.3) is 0 Å². The van der Waals surface area contributed by atoms with Crippen molar-refractivity contribution in [2.24, 2.45) is 0 Å². The minimum atomic E-state index is -0.400. The Morgan fingerprint density at radius 2 is 1.38 bits per heavy atom. The van der Waals surface area contributed by atoms with Crippen molar-refractivity contribution in [3.8, 4) is 0 Å². The molecule has 2 aromatic carbocycles. The summed E-state index contributed by atoms with van der Waals surface area (Å²) >= 11 is -0.400. The fraction of sp³-hybridized carbons (Fsp3) is 0.0909. The van der Waals surface area contributed by atoms with E-state index in [9.17, 15) is 0 Å². The van der Waals surface area contributed by atoms with Gasteiger partial charge in [0.1, 0.15) is 0 Å². The number of methoxy groups -OCH3 is 1. The molecule has 1 aliphatic rings. The Hall–Kier alpha value is -1.85. The Bertz CT molecular complexity index is 726. The first kappa shape index (κ1) is 17.0. The Labute approximate surface area is 154 Å². The van der Waals surface area contributed by atoms with Gasteiger partial charge in [0.05, 0.1) is 0 Å². The monoisotopic (exact) mass is 430 g/mol. The van der Waals surface area contributed by atoms with Crippen LogP contribution in [-0.4, -0.2) is 34.6 Å². The molecule has 0 unspecified atom stereocenters. The molecule has 0 bridgehead atoms. The predicted octanol–water partition coefficient (Wildman–Crippen LogP) is 4.92. The molecule has 1 heterocycles. The van der Waals surface area contributed by atoms with Crippen molar-refractivity contribution in [2.45, 2.75) is 0 Å². The van der Waals surface area contributed by atoms with Gasteiger partial charge in [0, 0.05) is 0 Å². The molecule has 0 aromatic heterocycles. The van der Waals surface area contributed by atoms with Gasteiger partial charge in [-0.15, -0.1) is 0 Å². The van der Waals surface area contributed by atoms with Crippen molar-refractivity contribution in [1.82, 2.24) is 0 Å². The van der Waals surface area contributed by atoms with Crippen LogP contribution in [0.2, 0.25) is 0 Å². The second kappa shape index (κ2) is 8.85. The molecule has 120 valence electrons. The van der Waals surface area contributed by atoms with Gasteiger partial charge >= 0.3 is 154 Å². The summed E-state index contributed by atoms with van der Waals surface area (Å²) in [5.41, 5.74) is 3.93. The molecule has 1 aliphatic heterocycles. The zero-order valence-electron chi connectivity index (χ0n) is 13.7. The maximum absolute atomic E-state index is 5.07. The predicted molar refractivity (Wildman–Crippen MR) is 104 cm³/mol. The number of hydrogen-bond donors (Lipinski definition) is 0. The van der Waals surface area contributed by atoms with Crippen LogP contribution < -0.4 is 0 Å². The van der Waals surface area contributed by atoms with Gasteiger partial charge in [-0.05, 0) is 0 Å². The van der Waals surface area contributed by atoms with Crippen LogP contribution in [0.25, 0.3) is 7.24 Å². The second-order valence-electron chi connectivity index (χ2n) is 5.40. The van der Waals surface area contributed by atoms with Crippen LogP contribution in [0.4, 0.5) is 0 Å². The van der Waals surface area contributed by atoms with Crippen LogP contribution in [0.5, 0.6) is 0 Å². The summed E-state index contributed by atoms with van der Waals surface area (Å²) in [5.74, 6) is 0. The molecule has 2 aromatic rings. The molecule has 1 nitrogen and oxygen atoms in total. The van der Waals surface area contributed by atoms with E-state index >= 15 is 0 Å². The third kappa shape index (κ3) is 4.58. The molecule has 0 saturated carbocycles. The number of rotatable bonds is 5. The van der Waals surface area contributed by atoms with E-state index in [1.165, 1.54) is 23.9 Å². The molecule has 0 radical (unpaired) electrons. The summed E-state index contributed by atoms with van der Waals surface area (Å²) in [4.78, 5) is 0. The number of benzene rings is 2. The molecule has 0 aliphatic carbocycles. The van der Waals surface area contributed by atoms with Crippen LogP contribution in [0.1, 0.15) is 11.1 Å². The van der Waals surface area contributed by atoms with Crippen molar-refractivity contribution in [3.63, 3.8) is 0 Å². The summed E-state index contributed by atoms with van der Waals surface area (Å²) in [6.07, 6.45) is 10.9. The Kier molecular flexibility index (Phi) is 6.26. The number of allylic oxidation sites excluding steroid dienone is 5. The zero-order valence-corrected chi connectivity index (χ0v) is 16.0. The van der Waals surface area contributed by atoms with Crippen LogP contribution >= 0.6 is 0 Å². The Morgan fingerprint density at radius 3 is 1.88 bits per heavy atom. The van der Waals surface area contributed by atoms with Gasteiger partial charge in [0.15, 0.2) is 0 Å². The van der Waals surface area contributed by atoms with E-state index in [-0.39, 0.29) is 0 Å². The standard InChI is InChI=1S/C22H20OTe/c1-23-15-9-8-10-18-16-21(19-11-4-2-5-12-19)24-22(17-18)20-13-6-3-7-14-20/h2-14,16-17H,15H2,1H3/b9-8+. The van der Waals surface area contributed by atoms with E-state index in [4.69, 9.17) is 4.74 Å². The molecule has 3 rings (SSSR count). The molecule has 0 amide bonds. The van der Waals surface area contributed by atoms with E-state index in [1.54, 1.807) is 7.11 Å². The molecule has 0 N–H and O–H groups in total. The summed E-state index contributed by atoms with van der Waals surface area (Å²) in [5, 5.41) is 0. The fourth-order valence-electron chi connectivity index (χ4n) is 2.44. The summed E-state index contributed by atoms with van der Waals surface area (Å²) in [7, 11) is 1.71. The van der Waals surface area contributed by atoms with Gasteiger partial charge in [-0.3, -0.25) is 0 Å². The maximum atomic E-state index is 5.07. The number of ether oxygens (including phenoxy) is 1. The topological polar surface area (TPSA) is 9.23 Å². The summed E-state index contributed by atoms with van der Waals surface area (Å²) in [6, 6.07) is 21.5. The quantitative estimate of drug-likeness (QED) is 0.615. The first-order valence-electron chi connectivity index (χ1n) is 7.94. The zero-order chi connectivity index (χ0) is 16.6. The normalized spacial score (nSPS) is 14.5. The van der Waals surface area contributed by atoms with Gasteiger partial charge in [-0.1, -0.05) is 0 Å². The van der Waals surface area contributed by atoms with Crippen LogP contribution in [0.3, 0.4) is 0 Å². The van der Waals surface area contributed by atoms with Gasteiger partial charge in [-0.25, -0.2) is 0 Å². The SMILES string of the molecule is COC/C=C/C=C1C=C(c2ccccc2)[Te]C(c2ccccc2)=C1. The Balaban J connectivity index is 1.95. The number of hydrogen-bond acceptors (Lipinski definition) is 1. The van der Waals surface area contributed by atoms with E-state index in [0.717, 1.165) is 0 Å². The van der Waals surface area contributed by atoms with E-state index in [2.05, 4.69) is 85.0 Å². The minimum absolute atomic E-state index is 0.400. The molecule has 0 spiro atoms. The van der Waals surface area contributed by atoms with Crippen molar-refractivity contribution >= 4 is 28.2 Å². The van der Waals surface area contributed by atoms with Crippen molar-refractivity contribution in [3.05, 3.63) is 108 Å². The second-order valence-corrected chi connectivity index (χ2v) is 8.49. The van der Waals surface area contributed by atoms with Gasteiger partial charge in [0.2, 0.25) is 0 Å². The average molecular weight is 428 g/mol. The van der Waals surface area contributed by atoms with Crippen LogP contribution in [0, 0.1) is 0 Å². The van der Waals surface area contributed by atoms with Crippen LogP contribution in [0.15, 0.2) is 96.6 Å². The molecular weight excluding hydrogens is 408 g/mol. The molecular formula is C22H20OTe. The molecule has 0 atom stereocenters. The summed E-state index contributed by atoms with van der Waals surface area (Å²) in [6.45, 7) is 0.641. The third-order valence-electron chi connectivity index (χ3n) is 3.62. The fourth-order valence-corrected chi connectivity index (χ4v) is 5.68.